The summed E-state index contributed by atoms with van der Waals surface area (Å²) in [5.41, 5.74) is 0. The van der Waals surface area contributed by atoms with Crippen LogP contribution in [0.1, 0.15) is 138 Å². The van der Waals surface area contributed by atoms with E-state index < -0.39 is 0 Å². The van der Waals surface area contributed by atoms with Gasteiger partial charge >= 0.3 is 0 Å². The molecule has 0 spiro atoms. The lowest BCUT2D eigenvalue weighted by atomic mass is 9.80. The maximum Gasteiger partial charge on any atom is 0.0589 e. The molecule has 45 heavy (non-hydrogen) atoms. The van der Waals surface area contributed by atoms with E-state index >= 15 is 0 Å². The number of unbranched alkanes of at least 4 members (excludes halogenated alkanes) is 4. The lowest BCUT2D eigenvalue weighted by Gasteiger charge is -2.43. The molecule has 266 valence electrons. The summed E-state index contributed by atoms with van der Waals surface area (Å²) in [6.07, 6.45) is 27.4. The van der Waals surface area contributed by atoms with Crippen molar-refractivity contribution in [3.63, 3.8) is 0 Å². The first kappa shape index (κ1) is 44.1. The molecule has 4 aliphatic rings. The van der Waals surface area contributed by atoms with E-state index in [0.717, 1.165) is 49.4 Å². The Balaban J connectivity index is 0.000000641. The van der Waals surface area contributed by atoms with Gasteiger partial charge in [-0.3, -0.25) is 9.80 Å². The second-order valence-corrected chi connectivity index (χ2v) is 13.6. The predicted octanol–water partition coefficient (Wildman–Crippen LogP) is 8.79. The fraction of sp³-hybridized carbons (Fsp3) is 0.900. The highest BCUT2D eigenvalue weighted by Crippen LogP contribution is 2.32. The van der Waals surface area contributed by atoms with Crippen LogP contribution in [-0.2, 0) is 4.74 Å². The van der Waals surface area contributed by atoms with Gasteiger partial charge in [-0.15, -0.1) is 18.9 Å². The van der Waals surface area contributed by atoms with Crippen LogP contribution >= 0.6 is 0 Å². The number of hydrogen-bond acceptors (Lipinski definition) is 5. The van der Waals surface area contributed by atoms with E-state index in [-0.39, 0.29) is 0 Å². The summed E-state index contributed by atoms with van der Waals surface area (Å²) in [6, 6.07) is 1.74. The Bertz CT molecular complexity index is 654. The highest BCUT2D eigenvalue weighted by atomic mass is 16.5. The molecule has 2 N–H and O–H groups in total. The van der Waals surface area contributed by atoms with Gasteiger partial charge in [0.1, 0.15) is 0 Å². The van der Waals surface area contributed by atoms with E-state index in [9.17, 15) is 0 Å². The van der Waals surface area contributed by atoms with Crippen molar-refractivity contribution in [3.05, 3.63) is 12.7 Å². The van der Waals surface area contributed by atoms with Crippen LogP contribution in [-0.4, -0.2) is 88.0 Å². The zero-order valence-corrected chi connectivity index (χ0v) is 31.5. The molecule has 2 saturated carbocycles. The molecule has 2 heterocycles. The van der Waals surface area contributed by atoms with E-state index in [4.69, 9.17) is 4.74 Å². The molecule has 2 aliphatic heterocycles. The van der Waals surface area contributed by atoms with Gasteiger partial charge < -0.3 is 15.4 Å². The minimum atomic E-state index is 0.866. The van der Waals surface area contributed by atoms with E-state index in [2.05, 4.69) is 66.2 Å². The Morgan fingerprint density at radius 1 is 0.800 bits per heavy atom. The number of hydrogen-bond donors (Lipinski definition) is 2. The Hall–Kier alpha value is -0.900. The number of nitrogens with zero attached hydrogens (tertiary/aromatic N) is 2. The molecule has 0 atom stereocenters. The number of piperidine rings is 2. The highest BCUT2D eigenvalue weighted by molar-refractivity contribution is 4.88. The normalized spacial score (nSPS) is 21.6. The Morgan fingerprint density at radius 2 is 1.27 bits per heavy atom. The number of ether oxygens (including phenoxy) is 1. The number of terminal acetylenes is 1. The molecule has 4 rings (SSSR count). The van der Waals surface area contributed by atoms with Crippen molar-refractivity contribution in [1.82, 2.24) is 20.4 Å². The van der Waals surface area contributed by atoms with Crippen molar-refractivity contribution in [2.45, 2.75) is 150 Å². The monoisotopic (exact) mass is 633 g/mol. The van der Waals surface area contributed by atoms with Gasteiger partial charge in [-0.05, 0) is 109 Å². The van der Waals surface area contributed by atoms with Gasteiger partial charge in [0.2, 0.25) is 0 Å². The van der Waals surface area contributed by atoms with E-state index in [1.165, 1.54) is 136 Å². The summed E-state index contributed by atoms with van der Waals surface area (Å²) in [5, 5.41) is 6.91. The standard InChI is InChI=1S/C15H28N2.C13H26N2O.C7H16.C3H4.C2H6/c1-3-4-9-17(15-10-13(2)11-15)12-14-5-7-16-8-6-14;1-16-10-9-15(13-3-2-4-13)11-12-5-7-14-8-6-12;1-3-5-7-6-4-2;1-3-2;1-2/h3,13-16H,1,4-12H2,2H3;12-14H,2-11H2,1H3;3-7H2,1-2H3;1H,2H3;1-2H3. The summed E-state index contributed by atoms with van der Waals surface area (Å²) < 4.78 is 5.23. The van der Waals surface area contributed by atoms with E-state index in [0.29, 0.717) is 0 Å². The average Bonchev–Trinajstić information content (AvgIpc) is 3.03. The Labute approximate surface area is 283 Å². The molecule has 2 saturated heterocycles. The quantitative estimate of drug-likeness (QED) is 0.101. The first-order valence-electron chi connectivity index (χ1n) is 19.4. The third-order valence-electron chi connectivity index (χ3n) is 9.77. The fourth-order valence-electron chi connectivity index (χ4n) is 6.69. The first-order chi connectivity index (χ1) is 22.0. The molecular formula is C40H80N4O. The minimum absolute atomic E-state index is 0.866. The van der Waals surface area contributed by atoms with Crippen molar-refractivity contribution in [1.29, 1.82) is 0 Å². The van der Waals surface area contributed by atoms with Gasteiger partial charge in [0.15, 0.2) is 0 Å². The first-order valence-corrected chi connectivity index (χ1v) is 19.4. The summed E-state index contributed by atoms with van der Waals surface area (Å²) >= 11 is 0. The molecule has 0 bridgehead atoms. The highest BCUT2D eigenvalue weighted by Gasteiger charge is 2.31. The lowest BCUT2D eigenvalue weighted by molar-refractivity contribution is 0.0665. The van der Waals surface area contributed by atoms with Crippen LogP contribution in [0.2, 0.25) is 0 Å². The van der Waals surface area contributed by atoms with Gasteiger partial charge in [-0.25, -0.2) is 0 Å². The van der Waals surface area contributed by atoms with Crippen LogP contribution in [0.4, 0.5) is 0 Å². The maximum absolute atomic E-state index is 5.23. The molecule has 2 aliphatic carbocycles. The summed E-state index contributed by atoms with van der Waals surface area (Å²) in [4.78, 5) is 5.43. The third-order valence-corrected chi connectivity index (χ3v) is 9.77. The summed E-state index contributed by atoms with van der Waals surface area (Å²) in [5.74, 6) is 5.05. The van der Waals surface area contributed by atoms with Crippen molar-refractivity contribution in [2.24, 2.45) is 17.8 Å². The summed E-state index contributed by atoms with van der Waals surface area (Å²) in [7, 11) is 1.81. The van der Waals surface area contributed by atoms with Crippen LogP contribution in [0.5, 0.6) is 0 Å². The molecule has 0 amide bonds. The van der Waals surface area contributed by atoms with Crippen molar-refractivity contribution >= 4 is 0 Å². The van der Waals surface area contributed by atoms with Crippen molar-refractivity contribution in [2.75, 3.05) is 66.1 Å². The van der Waals surface area contributed by atoms with Crippen molar-refractivity contribution < 1.29 is 4.74 Å². The topological polar surface area (TPSA) is 39.8 Å². The second kappa shape index (κ2) is 31.7. The smallest absolute Gasteiger partial charge is 0.0589 e. The lowest BCUT2D eigenvalue weighted by Crippen LogP contribution is -2.47. The molecule has 0 aromatic rings. The Morgan fingerprint density at radius 3 is 1.62 bits per heavy atom. The fourth-order valence-corrected chi connectivity index (χ4v) is 6.69. The third kappa shape index (κ3) is 22.3. The molecule has 5 nitrogen and oxygen atoms in total. The molecule has 5 heteroatoms. The van der Waals surface area contributed by atoms with Gasteiger partial charge in [0.05, 0.1) is 6.61 Å². The van der Waals surface area contributed by atoms with Gasteiger partial charge in [0, 0.05) is 45.4 Å². The maximum atomic E-state index is 5.23. The van der Waals surface area contributed by atoms with E-state index in [1.54, 1.807) is 6.92 Å². The van der Waals surface area contributed by atoms with Crippen LogP contribution in [0.15, 0.2) is 12.7 Å². The molecule has 0 aromatic heterocycles. The van der Waals surface area contributed by atoms with Gasteiger partial charge in [-0.1, -0.05) is 79.2 Å². The van der Waals surface area contributed by atoms with Crippen LogP contribution in [0.3, 0.4) is 0 Å². The SMILES string of the molecule is C#CC.C=CCCN(CC1CCNCC1)C1CC(C)C1.CC.CCCCCCC.COCCN(CC1CCNCC1)C1CCC1. The largest absolute Gasteiger partial charge is 0.383 e. The summed E-state index contributed by atoms with van der Waals surface area (Å²) in [6.45, 7) is 27.1. The predicted molar refractivity (Wildman–Crippen MR) is 201 cm³/mol. The molecule has 0 unspecified atom stereocenters. The van der Waals surface area contributed by atoms with Crippen LogP contribution < -0.4 is 10.6 Å². The zero-order valence-electron chi connectivity index (χ0n) is 31.5. The second-order valence-electron chi connectivity index (χ2n) is 13.6. The number of rotatable bonds is 16. The van der Waals surface area contributed by atoms with Crippen LogP contribution in [0.25, 0.3) is 0 Å². The van der Waals surface area contributed by atoms with Crippen molar-refractivity contribution in [3.8, 4) is 12.3 Å². The zero-order chi connectivity index (χ0) is 33.5. The van der Waals surface area contributed by atoms with E-state index in [1.807, 2.05) is 21.0 Å². The molecule has 0 aromatic carbocycles. The van der Waals surface area contributed by atoms with Gasteiger partial charge in [-0.2, -0.15) is 0 Å². The molecular weight excluding hydrogens is 552 g/mol. The van der Waals surface area contributed by atoms with Crippen LogP contribution in [0, 0.1) is 30.1 Å². The Kier molecular flexibility index (Phi) is 31.1. The average molecular weight is 633 g/mol. The molecule has 4 fully saturated rings. The molecule has 0 radical (unpaired) electrons. The van der Waals surface area contributed by atoms with Gasteiger partial charge in [0.25, 0.3) is 0 Å². The number of nitrogens with one attached hydrogen (secondary N) is 2. The number of methoxy groups -OCH3 is 1. The minimum Gasteiger partial charge on any atom is -0.383 e.